The van der Waals surface area contributed by atoms with Crippen molar-refractivity contribution in [3.63, 3.8) is 0 Å². The van der Waals surface area contributed by atoms with Gasteiger partial charge in [-0.15, -0.1) is 0 Å². The van der Waals surface area contributed by atoms with E-state index >= 15 is 0 Å². The smallest absolute Gasteiger partial charge is 0.255 e. The number of unbranched alkanes of at least 4 members (excludes halogenated alkanes) is 1. The first-order valence-corrected chi connectivity index (χ1v) is 10.0. The van der Waals surface area contributed by atoms with E-state index in [1.807, 2.05) is 26.8 Å². The highest BCUT2D eigenvalue weighted by atomic mass is 16.5. The van der Waals surface area contributed by atoms with E-state index in [2.05, 4.69) is 10.6 Å². The van der Waals surface area contributed by atoms with Crippen LogP contribution in [0.25, 0.3) is 0 Å². The highest BCUT2D eigenvalue weighted by molar-refractivity contribution is 6.05. The number of carbonyl (C=O) groups is 2. The summed E-state index contributed by atoms with van der Waals surface area (Å²) < 4.78 is 11.1. The summed E-state index contributed by atoms with van der Waals surface area (Å²) in [5.74, 6) is 0.845. The molecule has 0 aromatic heterocycles. The van der Waals surface area contributed by atoms with Gasteiger partial charge in [0.1, 0.15) is 11.5 Å². The van der Waals surface area contributed by atoms with Crippen LogP contribution in [0.15, 0.2) is 42.5 Å². The lowest BCUT2D eigenvalue weighted by atomic mass is 10.2. The number of anilines is 2. The second-order valence-corrected chi connectivity index (χ2v) is 6.89. The molecule has 29 heavy (non-hydrogen) atoms. The number of nitrogens with one attached hydrogen (secondary N) is 2. The maximum absolute atomic E-state index is 12.6. The van der Waals surface area contributed by atoms with E-state index in [-0.39, 0.29) is 17.9 Å². The van der Waals surface area contributed by atoms with Crippen LogP contribution in [-0.4, -0.2) is 25.0 Å². The van der Waals surface area contributed by atoms with Gasteiger partial charge in [-0.3, -0.25) is 9.59 Å². The number of rotatable bonds is 10. The monoisotopic (exact) mass is 398 g/mol. The Bertz CT molecular complexity index is 835. The number of ether oxygens (including phenoxy) is 2. The van der Waals surface area contributed by atoms with Gasteiger partial charge in [-0.25, -0.2) is 0 Å². The Kier molecular flexibility index (Phi) is 8.52. The minimum absolute atomic E-state index is 0.0555. The average Bonchev–Trinajstić information content (AvgIpc) is 2.73. The predicted molar refractivity (Wildman–Crippen MR) is 116 cm³/mol. The molecule has 0 saturated heterocycles. The molecule has 2 aromatic carbocycles. The zero-order valence-electron chi connectivity index (χ0n) is 17.6. The third kappa shape index (κ3) is 6.82. The minimum atomic E-state index is -0.249. The molecule has 0 fully saturated rings. The standard InChI is InChI=1S/C23H30N2O4/c1-5-7-11-22(26)25-20-13-12-18(15-21(20)28-4)24-23(27)17-9-8-10-19(14-17)29-16(3)6-2/h8-10,12-16H,5-7,11H2,1-4H3,(H,24,27)(H,25,26). The highest BCUT2D eigenvalue weighted by Gasteiger charge is 2.12. The first-order valence-electron chi connectivity index (χ1n) is 10.0. The van der Waals surface area contributed by atoms with Gasteiger partial charge in [0.05, 0.1) is 18.9 Å². The van der Waals surface area contributed by atoms with Crippen LogP contribution in [-0.2, 0) is 4.79 Å². The largest absolute Gasteiger partial charge is 0.494 e. The van der Waals surface area contributed by atoms with Gasteiger partial charge >= 0.3 is 0 Å². The maximum atomic E-state index is 12.6. The van der Waals surface area contributed by atoms with Gasteiger partial charge in [0, 0.05) is 23.7 Å². The lowest BCUT2D eigenvalue weighted by Crippen LogP contribution is -2.14. The summed E-state index contributed by atoms with van der Waals surface area (Å²) in [5, 5.41) is 5.70. The maximum Gasteiger partial charge on any atom is 0.255 e. The fourth-order valence-corrected chi connectivity index (χ4v) is 2.65. The summed E-state index contributed by atoms with van der Waals surface area (Å²) in [6.45, 7) is 6.07. The van der Waals surface area contributed by atoms with Crippen molar-refractivity contribution in [1.29, 1.82) is 0 Å². The van der Waals surface area contributed by atoms with E-state index < -0.39 is 0 Å². The minimum Gasteiger partial charge on any atom is -0.494 e. The van der Waals surface area contributed by atoms with Gasteiger partial charge in [0.25, 0.3) is 5.91 Å². The molecule has 6 heteroatoms. The first-order chi connectivity index (χ1) is 14.0. The van der Waals surface area contributed by atoms with E-state index in [0.29, 0.717) is 34.9 Å². The Labute approximate surface area is 172 Å². The third-order valence-corrected chi connectivity index (χ3v) is 4.50. The Balaban J connectivity index is 2.08. The van der Waals surface area contributed by atoms with Crippen LogP contribution in [0, 0.1) is 0 Å². The van der Waals surface area contributed by atoms with Crippen LogP contribution in [0.4, 0.5) is 11.4 Å². The van der Waals surface area contributed by atoms with Crippen molar-refractivity contribution < 1.29 is 19.1 Å². The molecule has 1 unspecified atom stereocenters. The van der Waals surface area contributed by atoms with Gasteiger partial charge in [-0.2, -0.15) is 0 Å². The Hall–Kier alpha value is -3.02. The van der Waals surface area contributed by atoms with E-state index in [1.165, 1.54) is 7.11 Å². The number of methoxy groups -OCH3 is 1. The summed E-state index contributed by atoms with van der Waals surface area (Å²) in [6, 6.07) is 12.2. The fraction of sp³-hybridized carbons (Fsp3) is 0.391. The molecule has 2 aromatic rings. The third-order valence-electron chi connectivity index (χ3n) is 4.50. The van der Waals surface area contributed by atoms with E-state index in [9.17, 15) is 9.59 Å². The van der Waals surface area contributed by atoms with E-state index in [4.69, 9.17) is 9.47 Å². The Morgan fingerprint density at radius 1 is 1.07 bits per heavy atom. The van der Waals surface area contributed by atoms with Gasteiger partial charge in [-0.05, 0) is 50.1 Å². The zero-order chi connectivity index (χ0) is 21.2. The summed E-state index contributed by atoms with van der Waals surface area (Å²) in [6.07, 6.45) is 3.23. The van der Waals surface area contributed by atoms with Crippen LogP contribution in [0.3, 0.4) is 0 Å². The average molecular weight is 399 g/mol. The molecular formula is C23H30N2O4. The molecule has 0 spiro atoms. The van der Waals surface area contributed by atoms with Crippen molar-refractivity contribution in [2.75, 3.05) is 17.7 Å². The van der Waals surface area contributed by atoms with Crippen LogP contribution in [0.5, 0.6) is 11.5 Å². The summed E-state index contributed by atoms with van der Waals surface area (Å²) in [4.78, 5) is 24.6. The molecule has 1 atom stereocenters. The van der Waals surface area contributed by atoms with Crippen LogP contribution in [0.2, 0.25) is 0 Å². The summed E-state index contributed by atoms with van der Waals surface area (Å²) in [5.41, 5.74) is 1.66. The normalized spacial score (nSPS) is 11.4. The SMILES string of the molecule is CCCCC(=O)Nc1ccc(NC(=O)c2cccc(OC(C)CC)c2)cc1OC. The number of hydrogen-bond donors (Lipinski definition) is 2. The quantitative estimate of drug-likeness (QED) is 0.573. The molecule has 2 N–H and O–H groups in total. The lowest BCUT2D eigenvalue weighted by molar-refractivity contribution is -0.116. The summed E-state index contributed by atoms with van der Waals surface area (Å²) in [7, 11) is 1.53. The number of hydrogen-bond acceptors (Lipinski definition) is 4. The topological polar surface area (TPSA) is 76.7 Å². The van der Waals surface area contributed by atoms with Gasteiger partial charge < -0.3 is 20.1 Å². The number of carbonyl (C=O) groups excluding carboxylic acids is 2. The van der Waals surface area contributed by atoms with Crippen molar-refractivity contribution in [3.8, 4) is 11.5 Å². The molecule has 2 rings (SSSR count). The Morgan fingerprint density at radius 3 is 2.55 bits per heavy atom. The van der Waals surface area contributed by atoms with Gasteiger partial charge in [-0.1, -0.05) is 26.3 Å². The van der Waals surface area contributed by atoms with Gasteiger partial charge in [0.15, 0.2) is 0 Å². The second kappa shape index (κ2) is 11.1. The molecule has 6 nitrogen and oxygen atoms in total. The molecule has 0 aliphatic rings. The fourth-order valence-electron chi connectivity index (χ4n) is 2.65. The zero-order valence-corrected chi connectivity index (χ0v) is 17.6. The van der Waals surface area contributed by atoms with Gasteiger partial charge in [0.2, 0.25) is 5.91 Å². The van der Waals surface area contributed by atoms with E-state index in [1.54, 1.807) is 36.4 Å². The molecular weight excluding hydrogens is 368 g/mol. The molecule has 0 aliphatic heterocycles. The molecule has 0 radical (unpaired) electrons. The van der Waals surface area contributed by atoms with E-state index in [0.717, 1.165) is 19.3 Å². The second-order valence-electron chi connectivity index (χ2n) is 6.89. The molecule has 156 valence electrons. The molecule has 2 amide bonds. The molecule has 0 heterocycles. The molecule has 0 aliphatic carbocycles. The van der Waals surface area contributed by atoms with Crippen molar-refractivity contribution in [2.45, 2.75) is 52.6 Å². The van der Waals surface area contributed by atoms with Crippen molar-refractivity contribution in [2.24, 2.45) is 0 Å². The van der Waals surface area contributed by atoms with Crippen molar-refractivity contribution in [1.82, 2.24) is 0 Å². The number of benzene rings is 2. The van der Waals surface area contributed by atoms with Crippen LogP contribution in [0.1, 0.15) is 56.8 Å². The van der Waals surface area contributed by atoms with Crippen molar-refractivity contribution >= 4 is 23.2 Å². The Morgan fingerprint density at radius 2 is 1.86 bits per heavy atom. The van der Waals surface area contributed by atoms with Crippen LogP contribution >= 0.6 is 0 Å². The predicted octanol–water partition coefficient (Wildman–Crippen LogP) is 5.25. The highest BCUT2D eigenvalue weighted by Crippen LogP contribution is 2.28. The lowest BCUT2D eigenvalue weighted by Gasteiger charge is -2.14. The molecule has 0 saturated carbocycles. The molecule has 0 bridgehead atoms. The van der Waals surface area contributed by atoms with Crippen LogP contribution < -0.4 is 20.1 Å². The van der Waals surface area contributed by atoms with Crippen molar-refractivity contribution in [3.05, 3.63) is 48.0 Å². The first kappa shape index (κ1) is 22.3. The summed E-state index contributed by atoms with van der Waals surface area (Å²) >= 11 is 0. The number of amides is 2.